The first-order chi connectivity index (χ1) is 8.72. The smallest absolute Gasteiger partial charge is 0.160 e. The summed E-state index contributed by atoms with van der Waals surface area (Å²) in [6, 6.07) is 4.36. The lowest BCUT2D eigenvalue weighted by Gasteiger charge is -2.09. The van der Waals surface area contributed by atoms with Gasteiger partial charge in [0.25, 0.3) is 0 Å². The molecular weight excluding hydrogens is 237 g/mol. The van der Waals surface area contributed by atoms with Crippen molar-refractivity contribution in [1.82, 2.24) is 9.97 Å². The second kappa shape index (κ2) is 5.28. The predicted molar refractivity (Wildman–Crippen MR) is 66.1 cm³/mol. The van der Waals surface area contributed by atoms with Gasteiger partial charge in [0.15, 0.2) is 11.6 Å². The van der Waals surface area contributed by atoms with E-state index in [0.717, 1.165) is 0 Å². The number of nitrogens with zero attached hydrogens (tertiary/aromatic N) is 2. The van der Waals surface area contributed by atoms with Crippen LogP contribution < -0.4 is 21.3 Å². The SMILES string of the molecule is COc1ccc(F)c(Nc2cncc(NN)n2)c1. The maximum atomic E-state index is 13.6. The predicted octanol–water partition coefficient (Wildman–Crippen LogP) is 1.65. The van der Waals surface area contributed by atoms with Gasteiger partial charge in [-0.15, -0.1) is 0 Å². The molecule has 0 atom stereocenters. The third kappa shape index (κ3) is 2.64. The standard InChI is InChI=1S/C11H12FN5O/c1-18-7-2-3-8(12)9(4-7)15-10-5-14-6-11(16-10)17-13/h2-6H,13H2,1H3,(H2,15,16,17). The number of ether oxygens (including phenoxy) is 1. The van der Waals surface area contributed by atoms with Gasteiger partial charge in [-0.05, 0) is 12.1 Å². The van der Waals surface area contributed by atoms with Crippen molar-refractivity contribution in [3.63, 3.8) is 0 Å². The highest BCUT2D eigenvalue weighted by Gasteiger charge is 2.05. The third-order valence-corrected chi connectivity index (χ3v) is 2.22. The van der Waals surface area contributed by atoms with E-state index in [4.69, 9.17) is 10.6 Å². The number of nitrogens with two attached hydrogens (primary N) is 1. The molecule has 6 nitrogen and oxygen atoms in total. The van der Waals surface area contributed by atoms with Crippen LogP contribution >= 0.6 is 0 Å². The summed E-state index contributed by atoms with van der Waals surface area (Å²) in [6.07, 6.45) is 2.91. The fourth-order valence-electron chi connectivity index (χ4n) is 1.36. The summed E-state index contributed by atoms with van der Waals surface area (Å²) in [7, 11) is 1.51. The van der Waals surface area contributed by atoms with Crippen LogP contribution in [0.2, 0.25) is 0 Å². The van der Waals surface area contributed by atoms with Gasteiger partial charge in [0.1, 0.15) is 11.6 Å². The molecule has 0 unspecified atom stereocenters. The topological polar surface area (TPSA) is 85.1 Å². The fourth-order valence-corrected chi connectivity index (χ4v) is 1.36. The largest absolute Gasteiger partial charge is 0.497 e. The van der Waals surface area contributed by atoms with Crippen molar-refractivity contribution in [3.8, 4) is 5.75 Å². The summed E-state index contributed by atoms with van der Waals surface area (Å²) in [5.41, 5.74) is 2.61. The summed E-state index contributed by atoms with van der Waals surface area (Å²) in [5, 5.41) is 2.80. The van der Waals surface area contributed by atoms with Crippen LogP contribution in [0.1, 0.15) is 0 Å². The summed E-state index contributed by atoms with van der Waals surface area (Å²) < 4.78 is 18.6. The van der Waals surface area contributed by atoms with E-state index in [2.05, 4.69) is 20.7 Å². The molecule has 94 valence electrons. The molecular formula is C11H12FN5O. The second-order valence-corrected chi connectivity index (χ2v) is 3.40. The van der Waals surface area contributed by atoms with Crippen molar-refractivity contribution in [3.05, 3.63) is 36.4 Å². The lowest BCUT2D eigenvalue weighted by atomic mass is 10.3. The minimum Gasteiger partial charge on any atom is -0.497 e. The Morgan fingerprint density at radius 3 is 2.78 bits per heavy atom. The number of anilines is 3. The van der Waals surface area contributed by atoms with Crippen LogP contribution in [0.5, 0.6) is 5.75 Å². The molecule has 0 fully saturated rings. The lowest BCUT2D eigenvalue weighted by molar-refractivity contribution is 0.414. The third-order valence-electron chi connectivity index (χ3n) is 2.22. The number of nitrogens with one attached hydrogen (secondary N) is 2. The van der Waals surface area contributed by atoms with Crippen molar-refractivity contribution in [2.75, 3.05) is 17.9 Å². The number of hydrazine groups is 1. The average Bonchev–Trinajstić information content (AvgIpc) is 2.41. The van der Waals surface area contributed by atoms with Gasteiger partial charge in [0, 0.05) is 6.07 Å². The number of nitrogen functional groups attached to an aromatic ring is 1. The van der Waals surface area contributed by atoms with E-state index < -0.39 is 5.82 Å². The van der Waals surface area contributed by atoms with Gasteiger partial charge in [-0.2, -0.15) is 0 Å². The molecule has 18 heavy (non-hydrogen) atoms. The van der Waals surface area contributed by atoms with E-state index in [-0.39, 0.29) is 5.69 Å². The average molecular weight is 249 g/mol. The Hall–Kier alpha value is -2.41. The van der Waals surface area contributed by atoms with E-state index in [1.54, 1.807) is 0 Å². The molecule has 2 aromatic rings. The normalized spacial score (nSPS) is 9.94. The van der Waals surface area contributed by atoms with Gasteiger partial charge < -0.3 is 15.5 Å². The van der Waals surface area contributed by atoms with Crippen LogP contribution in [0.15, 0.2) is 30.6 Å². The van der Waals surface area contributed by atoms with Crippen LogP contribution in [0.4, 0.5) is 21.7 Å². The number of rotatable bonds is 4. The van der Waals surface area contributed by atoms with Gasteiger partial charge in [-0.3, -0.25) is 4.98 Å². The highest BCUT2D eigenvalue weighted by Crippen LogP contribution is 2.23. The maximum Gasteiger partial charge on any atom is 0.160 e. The van der Waals surface area contributed by atoms with E-state index in [9.17, 15) is 4.39 Å². The number of hydrogen-bond donors (Lipinski definition) is 3. The molecule has 0 aliphatic rings. The molecule has 1 aromatic carbocycles. The zero-order valence-electron chi connectivity index (χ0n) is 9.64. The number of aromatic nitrogens is 2. The molecule has 0 bridgehead atoms. The van der Waals surface area contributed by atoms with Crippen molar-refractivity contribution in [2.24, 2.45) is 5.84 Å². The van der Waals surface area contributed by atoms with Gasteiger partial charge >= 0.3 is 0 Å². The number of methoxy groups -OCH3 is 1. The first-order valence-corrected chi connectivity index (χ1v) is 5.12. The molecule has 0 amide bonds. The molecule has 0 aliphatic heterocycles. The molecule has 0 aliphatic carbocycles. The van der Waals surface area contributed by atoms with Crippen molar-refractivity contribution >= 4 is 17.3 Å². The molecule has 1 aromatic heterocycles. The minimum absolute atomic E-state index is 0.248. The van der Waals surface area contributed by atoms with E-state index in [1.807, 2.05) is 0 Å². The van der Waals surface area contributed by atoms with E-state index >= 15 is 0 Å². The molecule has 0 saturated carbocycles. The Kier molecular flexibility index (Phi) is 3.54. The van der Waals surface area contributed by atoms with Crippen LogP contribution in [-0.2, 0) is 0 Å². The Bertz CT molecular complexity index is 549. The Balaban J connectivity index is 2.27. The fraction of sp³-hybridized carbons (Fsp3) is 0.0909. The van der Waals surface area contributed by atoms with Crippen LogP contribution in [0.3, 0.4) is 0 Å². The van der Waals surface area contributed by atoms with Crippen LogP contribution in [0, 0.1) is 5.82 Å². The number of hydrogen-bond acceptors (Lipinski definition) is 6. The van der Waals surface area contributed by atoms with Gasteiger partial charge in [0.05, 0.1) is 25.2 Å². The number of halogens is 1. The highest BCUT2D eigenvalue weighted by atomic mass is 19.1. The summed E-state index contributed by atoms with van der Waals surface area (Å²) in [5.74, 6) is 6.09. The zero-order chi connectivity index (χ0) is 13.0. The van der Waals surface area contributed by atoms with Crippen LogP contribution in [-0.4, -0.2) is 17.1 Å². The summed E-state index contributed by atoms with van der Waals surface area (Å²) in [6.45, 7) is 0. The van der Waals surface area contributed by atoms with Crippen molar-refractivity contribution < 1.29 is 9.13 Å². The zero-order valence-corrected chi connectivity index (χ0v) is 9.64. The molecule has 0 saturated heterocycles. The quantitative estimate of drug-likeness (QED) is 0.564. The molecule has 0 spiro atoms. The monoisotopic (exact) mass is 249 g/mol. The highest BCUT2D eigenvalue weighted by molar-refractivity contribution is 5.59. The first-order valence-electron chi connectivity index (χ1n) is 5.12. The van der Waals surface area contributed by atoms with Crippen molar-refractivity contribution in [2.45, 2.75) is 0 Å². The number of benzene rings is 1. The van der Waals surface area contributed by atoms with E-state index in [0.29, 0.717) is 17.4 Å². The van der Waals surface area contributed by atoms with Crippen LogP contribution in [0.25, 0.3) is 0 Å². The molecule has 1 heterocycles. The maximum absolute atomic E-state index is 13.6. The minimum atomic E-state index is -0.413. The van der Waals surface area contributed by atoms with E-state index in [1.165, 1.54) is 37.7 Å². The molecule has 0 radical (unpaired) electrons. The second-order valence-electron chi connectivity index (χ2n) is 3.40. The van der Waals surface area contributed by atoms with Gasteiger partial charge in [-0.1, -0.05) is 0 Å². The first kappa shape index (κ1) is 12.1. The van der Waals surface area contributed by atoms with Gasteiger partial charge in [-0.25, -0.2) is 15.2 Å². The molecule has 7 heteroatoms. The Labute approximate surface area is 103 Å². The lowest BCUT2D eigenvalue weighted by Crippen LogP contribution is -2.09. The molecule has 2 rings (SSSR count). The van der Waals surface area contributed by atoms with Gasteiger partial charge in [0.2, 0.25) is 0 Å². The molecule has 4 N–H and O–H groups in total. The Morgan fingerprint density at radius 2 is 2.06 bits per heavy atom. The summed E-state index contributed by atoms with van der Waals surface area (Å²) in [4.78, 5) is 7.97. The summed E-state index contributed by atoms with van der Waals surface area (Å²) >= 11 is 0. The van der Waals surface area contributed by atoms with Crippen molar-refractivity contribution in [1.29, 1.82) is 0 Å². The Morgan fingerprint density at radius 1 is 1.28 bits per heavy atom.